The molecule has 2 N–H and O–H groups in total. The fourth-order valence-corrected chi connectivity index (χ4v) is 18.0. The average Bonchev–Trinajstić information content (AvgIpc) is 3.85. The van der Waals surface area contributed by atoms with E-state index in [9.17, 15) is 19.8 Å². The van der Waals surface area contributed by atoms with Crippen molar-refractivity contribution in [3.63, 3.8) is 0 Å². The van der Waals surface area contributed by atoms with Gasteiger partial charge in [-0.15, -0.1) is 0 Å². The molecule has 2 aromatic rings. The Morgan fingerprint density at radius 1 is 0.565 bits per heavy atom. The summed E-state index contributed by atoms with van der Waals surface area (Å²) >= 11 is 3.32. The lowest BCUT2D eigenvalue weighted by molar-refractivity contribution is -0.182. The molecule has 8 nitrogen and oxygen atoms in total. The zero-order valence-corrected chi connectivity index (χ0v) is 44.5. The van der Waals surface area contributed by atoms with Crippen LogP contribution in [0.2, 0.25) is 0 Å². The second-order valence-electron chi connectivity index (χ2n) is 24.8. The number of nitrogens with zero attached hydrogens (tertiary/aromatic N) is 1. The van der Waals surface area contributed by atoms with E-state index in [-0.39, 0.29) is 43.4 Å². The van der Waals surface area contributed by atoms with Crippen molar-refractivity contribution in [3.05, 3.63) is 58.6 Å². The van der Waals surface area contributed by atoms with E-state index in [2.05, 4.69) is 43.6 Å². The molecule has 10 rings (SSSR count). The number of Topliss-reactive ketones (excluding diaryl/α,β-unsaturated/α-hetero) is 1. The average molecular weight is 1020 g/mol. The third-order valence-electron chi connectivity index (χ3n) is 21.5. The summed E-state index contributed by atoms with van der Waals surface area (Å²) in [7, 11) is 6.66. The molecule has 16 atom stereocenters. The standard InChI is InChI=1S/C28H40O3.C23H39NO3.C7H7BrO.2CH4/c1-26(30)14-15-27(2)19(17-26)8-9-21-22-10-11-24(28(22,3)13-12-23(21)27)25(29)18-6-5-7-20(16-18)31-4;1-21(26)12-13-22(2)15(14-21)6-7-16-17-8-9-19(20(25)24(4)27-5)23(17,3)11-10-18(16)22;1-9-7-4-2-3-6(8)5-7;;/h5-7,16,19,21-24,30H,8-15,17H2,1-4H3;15-19,26H,6-14H2,1-5H3;2-5H,1H3;2*1H4/t19-,21+,22+,23+,24-,26-,27+,28+;15-,16+,17+,18+,19-,21-,22+,23+;;;/m11.../s1. The highest BCUT2D eigenvalue weighted by atomic mass is 79.9. The van der Waals surface area contributed by atoms with Gasteiger partial charge < -0.3 is 19.7 Å². The first-order valence-electron chi connectivity index (χ1n) is 26.4. The molecule has 0 heterocycles. The summed E-state index contributed by atoms with van der Waals surface area (Å²) in [6.07, 6.45) is 20.6. The molecule has 0 aliphatic heterocycles. The zero-order chi connectivity index (χ0) is 48.3. The van der Waals surface area contributed by atoms with E-state index in [4.69, 9.17) is 14.3 Å². The van der Waals surface area contributed by atoms with Crippen LogP contribution in [0.5, 0.6) is 11.5 Å². The lowest BCUT2D eigenvalue weighted by Crippen LogP contribution is -2.56. The highest BCUT2D eigenvalue weighted by Gasteiger charge is 2.64. The van der Waals surface area contributed by atoms with Crippen LogP contribution in [0.4, 0.5) is 0 Å². The molecule has 388 valence electrons. The van der Waals surface area contributed by atoms with E-state index >= 15 is 0 Å². The van der Waals surface area contributed by atoms with Gasteiger partial charge in [0.2, 0.25) is 5.91 Å². The fraction of sp³-hybridized carbons (Fsp3) is 0.767. The number of ether oxygens (including phenoxy) is 2. The molecule has 8 saturated carbocycles. The van der Waals surface area contributed by atoms with E-state index in [1.54, 1.807) is 28.4 Å². The molecule has 9 heteroatoms. The summed E-state index contributed by atoms with van der Waals surface area (Å²) < 4.78 is 11.4. The molecular formula is C60H94BrNO7. The molecule has 8 fully saturated rings. The number of aliphatic hydroxyl groups is 2. The summed E-state index contributed by atoms with van der Waals surface area (Å²) in [4.78, 5) is 31.8. The second kappa shape index (κ2) is 21.2. The summed E-state index contributed by atoms with van der Waals surface area (Å²) in [5.41, 5.74) is 0.911. The van der Waals surface area contributed by atoms with E-state index in [1.807, 2.05) is 62.4 Å². The molecule has 2 aromatic carbocycles. The van der Waals surface area contributed by atoms with Crippen molar-refractivity contribution in [1.82, 2.24) is 5.06 Å². The predicted octanol–water partition coefficient (Wildman–Crippen LogP) is 14.4. The lowest BCUT2D eigenvalue weighted by Gasteiger charge is -2.61. The number of fused-ring (bicyclic) bond motifs is 10. The van der Waals surface area contributed by atoms with Crippen molar-refractivity contribution < 1.29 is 34.1 Å². The molecule has 0 bridgehead atoms. The Hall–Kier alpha value is -2.46. The molecule has 0 aromatic heterocycles. The summed E-state index contributed by atoms with van der Waals surface area (Å²) in [5.74, 6) is 8.16. The first kappa shape index (κ1) is 55.8. The van der Waals surface area contributed by atoms with E-state index in [0.717, 1.165) is 83.7 Å². The third-order valence-corrected chi connectivity index (χ3v) is 22.0. The van der Waals surface area contributed by atoms with Gasteiger partial charge >= 0.3 is 0 Å². The number of hydroxylamine groups is 2. The van der Waals surface area contributed by atoms with Gasteiger partial charge in [0.1, 0.15) is 11.5 Å². The number of carbonyl (C=O) groups is 2. The Bertz CT molecular complexity index is 2090. The maximum Gasteiger partial charge on any atom is 0.249 e. The number of halogens is 1. The van der Waals surface area contributed by atoms with E-state index < -0.39 is 11.2 Å². The van der Waals surface area contributed by atoms with Crippen molar-refractivity contribution in [1.29, 1.82) is 0 Å². The van der Waals surface area contributed by atoms with Gasteiger partial charge in [-0.2, -0.15) is 0 Å². The minimum Gasteiger partial charge on any atom is -0.497 e. The molecule has 1 amide bonds. The first-order valence-corrected chi connectivity index (χ1v) is 27.2. The van der Waals surface area contributed by atoms with Crippen LogP contribution in [0.3, 0.4) is 0 Å². The third kappa shape index (κ3) is 10.4. The van der Waals surface area contributed by atoms with Gasteiger partial charge in [-0.3, -0.25) is 14.4 Å². The largest absolute Gasteiger partial charge is 0.497 e. The minimum absolute atomic E-state index is 0. The van der Waals surface area contributed by atoms with Crippen LogP contribution in [0.15, 0.2) is 53.0 Å². The van der Waals surface area contributed by atoms with Crippen LogP contribution in [0, 0.1) is 80.8 Å². The number of rotatable bonds is 6. The lowest BCUT2D eigenvalue weighted by atomic mass is 9.44. The molecule has 8 aliphatic carbocycles. The molecule has 0 spiro atoms. The highest BCUT2D eigenvalue weighted by molar-refractivity contribution is 9.10. The van der Waals surface area contributed by atoms with Crippen molar-refractivity contribution in [2.75, 3.05) is 28.4 Å². The van der Waals surface area contributed by atoms with Crippen molar-refractivity contribution in [3.8, 4) is 11.5 Å². The number of methoxy groups -OCH3 is 2. The predicted molar refractivity (Wildman–Crippen MR) is 283 cm³/mol. The Labute approximate surface area is 427 Å². The van der Waals surface area contributed by atoms with Gasteiger partial charge in [-0.1, -0.05) is 76.7 Å². The topological polar surface area (TPSA) is 106 Å². The molecule has 0 saturated heterocycles. The summed E-state index contributed by atoms with van der Waals surface area (Å²) in [6, 6.07) is 15.5. The maximum atomic E-state index is 13.6. The highest BCUT2D eigenvalue weighted by Crippen LogP contribution is 2.70. The zero-order valence-electron chi connectivity index (χ0n) is 42.9. The Morgan fingerprint density at radius 3 is 1.48 bits per heavy atom. The molecule has 0 radical (unpaired) electrons. The van der Waals surface area contributed by atoms with E-state index in [1.165, 1.54) is 82.1 Å². The second-order valence-corrected chi connectivity index (χ2v) is 25.8. The van der Waals surface area contributed by atoms with Crippen LogP contribution in [-0.4, -0.2) is 66.5 Å². The monoisotopic (exact) mass is 1020 g/mol. The number of carbonyl (C=O) groups excluding carboxylic acids is 2. The SMILES string of the molecule is C.C.CON(C)C(=O)[C@H]1CC[C@H]2[C@@H]3CC[C@@H]4C[C@](C)(O)CC[C@]4(C)[C@H]3CC[C@]12C.COc1cccc(Br)c1.COc1cccc(C(=O)[C@H]2CC[C@H]3[C@@H]4CC[C@@H]5C[C@](C)(O)CC[C@]5(C)[C@H]4CC[C@]23C)c1. The van der Waals surface area contributed by atoms with Gasteiger partial charge in [0, 0.05) is 28.9 Å². The summed E-state index contributed by atoms with van der Waals surface area (Å²) in [6.45, 7) is 14.0. The van der Waals surface area contributed by atoms with Crippen molar-refractivity contribution in [2.24, 2.45) is 80.8 Å². The molecular weight excluding hydrogens is 927 g/mol. The smallest absolute Gasteiger partial charge is 0.249 e. The van der Waals surface area contributed by atoms with Gasteiger partial charge in [-0.25, -0.2) is 5.06 Å². The number of amides is 1. The summed E-state index contributed by atoms with van der Waals surface area (Å²) in [5, 5.41) is 22.8. The normalized spacial score (nSPS) is 42.4. The quantitative estimate of drug-likeness (QED) is 0.219. The van der Waals surface area contributed by atoms with E-state index in [0.29, 0.717) is 40.3 Å². The van der Waals surface area contributed by atoms with Crippen LogP contribution < -0.4 is 9.47 Å². The number of benzene rings is 2. The Morgan fingerprint density at radius 2 is 1.01 bits per heavy atom. The Kier molecular flexibility index (Phi) is 17.1. The van der Waals surface area contributed by atoms with Gasteiger partial charge in [0.05, 0.1) is 32.5 Å². The van der Waals surface area contributed by atoms with Crippen LogP contribution in [0.1, 0.15) is 182 Å². The molecule has 69 heavy (non-hydrogen) atoms. The van der Waals surface area contributed by atoms with Crippen molar-refractivity contribution >= 4 is 27.6 Å². The fourth-order valence-electron chi connectivity index (χ4n) is 17.6. The minimum atomic E-state index is -0.470. The van der Waals surface area contributed by atoms with Crippen LogP contribution in [-0.2, 0) is 9.63 Å². The molecule has 0 unspecified atom stereocenters. The van der Waals surface area contributed by atoms with Gasteiger partial charge in [0.25, 0.3) is 0 Å². The van der Waals surface area contributed by atoms with Gasteiger partial charge in [-0.05, 0) is 229 Å². The van der Waals surface area contributed by atoms with Crippen LogP contribution >= 0.6 is 15.9 Å². The number of ketones is 1. The molecule has 8 aliphatic rings. The number of hydrogen-bond donors (Lipinski definition) is 2. The maximum absolute atomic E-state index is 13.6. The van der Waals surface area contributed by atoms with Crippen molar-refractivity contribution in [2.45, 2.75) is 183 Å². The Balaban J connectivity index is 0.000000189. The van der Waals surface area contributed by atoms with Crippen LogP contribution in [0.25, 0.3) is 0 Å². The first-order chi connectivity index (χ1) is 31.6. The van der Waals surface area contributed by atoms with Gasteiger partial charge in [0.15, 0.2) is 5.78 Å². The number of hydrogen-bond acceptors (Lipinski definition) is 7.